The quantitative estimate of drug-likeness (QED) is 0.229. The summed E-state index contributed by atoms with van der Waals surface area (Å²) in [5.41, 5.74) is 0.516. The molecular weight excluding hydrogens is 460 g/mol. The molecule has 0 atom stereocenters. The lowest BCUT2D eigenvalue weighted by molar-refractivity contribution is 1.17. The van der Waals surface area contributed by atoms with Gasteiger partial charge in [0, 0.05) is 27.2 Å². The van der Waals surface area contributed by atoms with Gasteiger partial charge in [-0.15, -0.1) is 0 Å². The highest BCUT2D eigenvalue weighted by atomic mass is 15.0. The van der Waals surface area contributed by atoms with Gasteiger partial charge in [-0.2, -0.15) is 0 Å². The molecule has 0 aliphatic heterocycles. The number of aromatic nitrogens is 2. The summed E-state index contributed by atoms with van der Waals surface area (Å²) >= 11 is 0. The number of fused-ring (bicyclic) bond motifs is 6. The van der Waals surface area contributed by atoms with Crippen LogP contribution >= 0.6 is 0 Å². The highest BCUT2D eigenvalue weighted by Crippen LogP contribution is 2.39. The fourth-order valence-corrected chi connectivity index (χ4v) is 5.01. The number of benzene rings is 6. The minimum Gasteiger partial charge on any atom is -0.309 e. The molecule has 2 aromatic heterocycles. The summed E-state index contributed by atoms with van der Waals surface area (Å²) < 4.78 is 143. The molecule has 2 nitrogen and oxygen atoms in total. The van der Waals surface area contributed by atoms with Crippen LogP contribution in [0.5, 0.6) is 0 Å². The molecule has 8 aromatic rings. The van der Waals surface area contributed by atoms with Gasteiger partial charge in [-0.25, -0.2) is 0 Å². The van der Waals surface area contributed by atoms with Crippen LogP contribution in [0.1, 0.15) is 21.9 Å². The molecule has 6 aromatic carbocycles. The van der Waals surface area contributed by atoms with Gasteiger partial charge in [-0.1, -0.05) is 103 Å². The lowest BCUT2D eigenvalue weighted by atomic mass is 10.1. The van der Waals surface area contributed by atoms with Gasteiger partial charge in [0.2, 0.25) is 0 Å². The third-order valence-corrected chi connectivity index (χ3v) is 6.63. The van der Waals surface area contributed by atoms with Crippen LogP contribution in [0.25, 0.3) is 66.1 Å². The third-order valence-electron chi connectivity index (χ3n) is 6.63. The second-order valence-corrected chi connectivity index (χ2v) is 8.62. The Labute approximate surface area is 243 Å². The van der Waals surface area contributed by atoms with E-state index < -0.39 is 90.6 Å². The zero-order chi connectivity index (χ0) is 39.0. The van der Waals surface area contributed by atoms with E-state index in [1.54, 1.807) is 48.5 Å². The Morgan fingerprint density at radius 3 is 1.61 bits per heavy atom. The van der Waals surface area contributed by atoms with Gasteiger partial charge in [-0.05, 0) is 53.5 Å². The second-order valence-electron chi connectivity index (χ2n) is 8.62. The summed E-state index contributed by atoms with van der Waals surface area (Å²) in [6.45, 7) is 0. The van der Waals surface area contributed by atoms with E-state index in [4.69, 9.17) is 19.2 Å². The molecule has 0 bridgehead atoms. The van der Waals surface area contributed by atoms with Crippen molar-refractivity contribution in [3.63, 3.8) is 0 Å². The minimum atomic E-state index is -0.709. The summed E-state index contributed by atoms with van der Waals surface area (Å²) in [4.78, 5) is 0. The van der Waals surface area contributed by atoms with Gasteiger partial charge in [0.1, 0.15) is 0 Å². The van der Waals surface area contributed by atoms with Crippen molar-refractivity contribution in [2.45, 2.75) is 0 Å². The molecule has 0 saturated heterocycles. The number of hydrogen-bond acceptors (Lipinski definition) is 0. The minimum absolute atomic E-state index is 0.119. The number of nitrogens with zero attached hydrogens (tertiary/aromatic N) is 2. The molecule has 0 amide bonds. The Morgan fingerprint density at radius 1 is 0.421 bits per heavy atom. The van der Waals surface area contributed by atoms with Crippen LogP contribution in [0.2, 0.25) is 0 Å². The highest BCUT2D eigenvalue weighted by Gasteiger charge is 2.19. The molecule has 0 fully saturated rings. The Morgan fingerprint density at radius 2 is 0.947 bits per heavy atom. The summed E-state index contributed by atoms with van der Waals surface area (Å²) in [5, 5.41) is -0.912. The largest absolute Gasteiger partial charge is 0.309 e. The first kappa shape index (κ1) is 10.7. The van der Waals surface area contributed by atoms with E-state index in [9.17, 15) is 2.74 Å². The number of hydrogen-bond donors (Lipinski definition) is 0. The van der Waals surface area contributed by atoms with Crippen molar-refractivity contribution >= 4 is 43.6 Å². The monoisotopic (exact) mass is 500 g/mol. The van der Waals surface area contributed by atoms with E-state index in [-0.39, 0.29) is 49.3 Å². The van der Waals surface area contributed by atoms with Crippen LogP contribution in [0.15, 0.2) is 145 Å². The van der Waals surface area contributed by atoms with Crippen LogP contribution in [-0.4, -0.2) is 9.13 Å². The summed E-state index contributed by atoms with van der Waals surface area (Å²) in [7, 11) is 0. The van der Waals surface area contributed by atoms with Crippen molar-refractivity contribution in [3.8, 4) is 22.5 Å². The van der Waals surface area contributed by atoms with E-state index in [0.29, 0.717) is 11.7 Å². The molecule has 2 heteroatoms. The molecule has 0 radical (unpaired) electrons. The van der Waals surface area contributed by atoms with Crippen LogP contribution in [0, 0.1) is 0 Å². The van der Waals surface area contributed by atoms with Crippen LogP contribution < -0.4 is 0 Å². The molecule has 8 rings (SSSR count). The first-order valence-electron chi connectivity index (χ1n) is 19.7. The zero-order valence-electron chi connectivity index (χ0n) is 35.5. The normalized spacial score (nSPS) is 17.6. The lowest BCUT2D eigenvalue weighted by Gasteiger charge is -2.12. The first-order valence-corrected chi connectivity index (χ1v) is 11.7. The molecule has 0 aliphatic rings. The summed E-state index contributed by atoms with van der Waals surface area (Å²) in [5.74, 6) is 0. The molecule has 38 heavy (non-hydrogen) atoms. The molecule has 0 spiro atoms. The summed E-state index contributed by atoms with van der Waals surface area (Å²) in [6, 6.07) is 4.32. The Kier molecular flexibility index (Phi) is 2.32. The predicted octanol–water partition coefficient (Wildman–Crippen LogP) is 9.55. The molecule has 0 unspecified atom stereocenters. The predicted molar refractivity (Wildman–Crippen MR) is 161 cm³/mol. The molecule has 0 N–H and O–H groups in total. The van der Waals surface area contributed by atoms with Crippen molar-refractivity contribution in [1.29, 1.82) is 0 Å². The maximum Gasteiger partial charge on any atom is 0.0645 e. The Hall–Kier alpha value is -5.08. The zero-order valence-corrected chi connectivity index (χ0v) is 19.5. The average Bonchev–Trinajstić information content (AvgIpc) is 3.71. The maximum absolute atomic E-state index is 9.31. The van der Waals surface area contributed by atoms with E-state index in [1.165, 1.54) is 4.57 Å². The molecule has 0 saturated carbocycles. The van der Waals surface area contributed by atoms with Crippen molar-refractivity contribution < 1.29 is 21.9 Å². The molecule has 2 heterocycles. The molecular formula is C36H24N2. The van der Waals surface area contributed by atoms with E-state index >= 15 is 0 Å². The Balaban J connectivity index is 1.65. The van der Waals surface area contributed by atoms with E-state index in [0.717, 1.165) is 15.7 Å². The van der Waals surface area contributed by atoms with Crippen molar-refractivity contribution in [2.75, 3.05) is 0 Å². The lowest BCUT2D eigenvalue weighted by Crippen LogP contribution is -1.96. The topological polar surface area (TPSA) is 9.86 Å². The fourth-order valence-electron chi connectivity index (χ4n) is 5.01. The van der Waals surface area contributed by atoms with Crippen LogP contribution in [-0.2, 0) is 0 Å². The third kappa shape index (κ3) is 3.01. The van der Waals surface area contributed by atoms with Crippen molar-refractivity contribution in [1.82, 2.24) is 9.13 Å². The van der Waals surface area contributed by atoms with Crippen LogP contribution in [0.4, 0.5) is 0 Å². The SMILES string of the molecule is [2H]c1ccc(-c2ccc(-n3c4c([2H])c([2H])c([2H])c([2H])c4c4c(-n5c6c([2H])c([2H])c([2H])c([2H])c6c6c([2H])c([2H])c([2H])c([2H])c65)c([2H])c([2H])c([2H])c43)cc2)cc1. The van der Waals surface area contributed by atoms with Gasteiger partial charge < -0.3 is 9.13 Å². The van der Waals surface area contributed by atoms with Crippen molar-refractivity contribution in [3.05, 3.63) is 145 Å². The smallest absolute Gasteiger partial charge is 0.0645 e. The van der Waals surface area contributed by atoms with E-state index in [2.05, 4.69) is 0 Å². The van der Waals surface area contributed by atoms with Crippen molar-refractivity contribution in [2.24, 2.45) is 0 Å². The highest BCUT2D eigenvalue weighted by molar-refractivity contribution is 6.16. The van der Waals surface area contributed by atoms with Crippen LogP contribution in [0.3, 0.4) is 0 Å². The van der Waals surface area contributed by atoms with Gasteiger partial charge in [0.05, 0.1) is 49.7 Å². The van der Waals surface area contributed by atoms with Gasteiger partial charge in [0.25, 0.3) is 0 Å². The summed E-state index contributed by atoms with van der Waals surface area (Å²) in [6.07, 6.45) is 0. The van der Waals surface area contributed by atoms with Gasteiger partial charge >= 0.3 is 0 Å². The van der Waals surface area contributed by atoms with E-state index in [1.807, 2.05) is 0 Å². The first-order chi connectivity index (χ1) is 25.5. The standard InChI is InChI=1S/C36H24N2/c1-2-11-25(12-3-1)26-21-23-27(24-22-26)37-33-18-9-6-15-30(33)36-34(37)19-10-20-35(36)38-31-16-7-4-13-28(31)29-14-5-8-17-32(29)38/h1-24H/i1D,4D,5D,6D,7D,8D,9D,10D,13D,14D,15D,16D,17D,18D,19D,20D. The second kappa shape index (κ2) is 8.22. The fraction of sp³-hybridized carbons (Fsp3) is 0. The molecule has 178 valence electrons. The van der Waals surface area contributed by atoms with Gasteiger partial charge in [0.15, 0.2) is 0 Å². The molecule has 0 aliphatic carbocycles. The number of para-hydroxylation sites is 3. The van der Waals surface area contributed by atoms with Gasteiger partial charge in [-0.3, -0.25) is 0 Å². The number of rotatable bonds is 3. The average molecular weight is 501 g/mol. The Bertz CT molecular complexity index is 2910. The maximum atomic E-state index is 9.31.